The van der Waals surface area contributed by atoms with Gasteiger partial charge in [0.1, 0.15) is 5.60 Å². The summed E-state index contributed by atoms with van der Waals surface area (Å²) in [7, 11) is 0. The molecule has 0 unspecified atom stereocenters. The number of amides is 1. The highest BCUT2D eigenvalue weighted by Gasteiger charge is 2.31. The van der Waals surface area contributed by atoms with Gasteiger partial charge in [0, 0.05) is 24.8 Å². The van der Waals surface area contributed by atoms with Crippen LogP contribution in [-0.2, 0) is 11.3 Å². The molecule has 1 amide bonds. The van der Waals surface area contributed by atoms with Gasteiger partial charge in [0.25, 0.3) is 5.56 Å². The number of ether oxygens (including phenoxy) is 1. The van der Waals surface area contributed by atoms with Crippen LogP contribution in [0.1, 0.15) is 33.6 Å². The molecular weight excluding hydrogens is 256 g/mol. The molecule has 1 aromatic heterocycles. The third-order valence-electron chi connectivity index (χ3n) is 3.31. The quantitative estimate of drug-likeness (QED) is 0.921. The molecular formula is C15H22N2O3. The number of nitrogens with one attached hydrogen (secondary N) is 1. The average molecular weight is 278 g/mol. The summed E-state index contributed by atoms with van der Waals surface area (Å²) in [6.07, 6.45) is 3.22. The van der Waals surface area contributed by atoms with Gasteiger partial charge in [-0.05, 0) is 45.6 Å². The zero-order chi connectivity index (χ0) is 14.8. The minimum absolute atomic E-state index is 0.0241. The van der Waals surface area contributed by atoms with E-state index in [1.54, 1.807) is 22.9 Å². The lowest BCUT2D eigenvalue weighted by atomic mass is 9.80. The summed E-state index contributed by atoms with van der Waals surface area (Å²) in [5, 5.41) is 2.85. The maximum atomic E-state index is 11.6. The molecule has 1 aliphatic rings. The molecule has 0 spiro atoms. The van der Waals surface area contributed by atoms with Gasteiger partial charge in [-0.3, -0.25) is 4.79 Å². The molecule has 5 heteroatoms. The Morgan fingerprint density at radius 2 is 2.10 bits per heavy atom. The first-order chi connectivity index (χ1) is 9.33. The highest BCUT2D eigenvalue weighted by atomic mass is 16.6. The molecule has 0 radical (unpaired) electrons. The maximum absolute atomic E-state index is 11.6. The smallest absolute Gasteiger partial charge is 0.407 e. The summed E-state index contributed by atoms with van der Waals surface area (Å²) in [6, 6.07) is 5.33. The van der Waals surface area contributed by atoms with Crippen LogP contribution < -0.4 is 10.9 Å². The molecule has 1 fully saturated rings. The van der Waals surface area contributed by atoms with E-state index in [1.165, 1.54) is 0 Å². The fourth-order valence-corrected chi connectivity index (χ4v) is 2.37. The number of aromatic nitrogens is 1. The SMILES string of the molecule is CC(C)(C)OC(=O)N[C@H]1C[C@H](Cn2ccccc2=O)C1. The van der Waals surface area contributed by atoms with Crippen molar-refractivity contribution in [3.05, 3.63) is 34.7 Å². The van der Waals surface area contributed by atoms with Gasteiger partial charge in [0.2, 0.25) is 0 Å². The number of alkyl carbamates (subject to hydrolysis) is 1. The second-order valence-electron chi connectivity index (χ2n) is 6.37. The summed E-state index contributed by atoms with van der Waals surface area (Å²) < 4.78 is 6.93. The number of carbonyl (C=O) groups excluding carboxylic acids is 1. The summed E-state index contributed by atoms with van der Waals surface area (Å²) in [4.78, 5) is 23.2. The van der Waals surface area contributed by atoms with Crippen molar-refractivity contribution >= 4 is 6.09 Å². The Labute approximate surface area is 118 Å². The van der Waals surface area contributed by atoms with E-state index in [2.05, 4.69) is 5.32 Å². The minimum Gasteiger partial charge on any atom is -0.444 e. The van der Waals surface area contributed by atoms with Crippen LogP contribution in [0.4, 0.5) is 4.79 Å². The third-order valence-corrected chi connectivity index (χ3v) is 3.31. The molecule has 1 N–H and O–H groups in total. The topological polar surface area (TPSA) is 60.3 Å². The Morgan fingerprint density at radius 1 is 1.40 bits per heavy atom. The van der Waals surface area contributed by atoms with Gasteiger partial charge in [-0.2, -0.15) is 0 Å². The molecule has 0 atom stereocenters. The van der Waals surface area contributed by atoms with Crippen molar-refractivity contribution in [3.8, 4) is 0 Å². The van der Waals surface area contributed by atoms with Crippen molar-refractivity contribution < 1.29 is 9.53 Å². The molecule has 0 aromatic carbocycles. The van der Waals surface area contributed by atoms with Gasteiger partial charge in [0.05, 0.1) is 0 Å². The number of carbonyl (C=O) groups is 1. The normalized spacial score (nSPS) is 21.9. The molecule has 1 heterocycles. The molecule has 20 heavy (non-hydrogen) atoms. The highest BCUT2D eigenvalue weighted by Crippen LogP contribution is 2.28. The average Bonchev–Trinajstić information content (AvgIpc) is 2.26. The molecule has 0 aliphatic heterocycles. The fraction of sp³-hybridized carbons (Fsp3) is 0.600. The second-order valence-corrected chi connectivity index (χ2v) is 6.37. The van der Waals surface area contributed by atoms with Crippen LogP contribution >= 0.6 is 0 Å². The summed E-state index contributed by atoms with van der Waals surface area (Å²) >= 11 is 0. The van der Waals surface area contributed by atoms with Crippen LogP contribution in [0.2, 0.25) is 0 Å². The van der Waals surface area contributed by atoms with Crippen molar-refractivity contribution in [3.63, 3.8) is 0 Å². The van der Waals surface area contributed by atoms with Gasteiger partial charge in [0.15, 0.2) is 0 Å². The number of nitrogens with zero attached hydrogens (tertiary/aromatic N) is 1. The minimum atomic E-state index is -0.468. The van der Waals surface area contributed by atoms with E-state index in [1.807, 2.05) is 26.8 Å². The van der Waals surface area contributed by atoms with Crippen LogP contribution in [0, 0.1) is 5.92 Å². The van der Waals surface area contributed by atoms with Crippen LogP contribution in [0.25, 0.3) is 0 Å². The molecule has 5 nitrogen and oxygen atoms in total. The molecule has 110 valence electrons. The van der Waals surface area contributed by atoms with Crippen molar-refractivity contribution in [2.24, 2.45) is 5.92 Å². The van der Waals surface area contributed by atoms with Crippen molar-refractivity contribution in [1.29, 1.82) is 0 Å². The lowest BCUT2D eigenvalue weighted by molar-refractivity contribution is 0.0446. The van der Waals surface area contributed by atoms with E-state index in [0.29, 0.717) is 12.5 Å². The zero-order valence-corrected chi connectivity index (χ0v) is 12.3. The van der Waals surface area contributed by atoms with Gasteiger partial charge in [-0.15, -0.1) is 0 Å². The lowest BCUT2D eigenvalue weighted by Gasteiger charge is -2.36. The predicted molar refractivity (Wildman–Crippen MR) is 76.6 cm³/mol. The van der Waals surface area contributed by atoms with Gasteiger partial charge < -0.3 is 14.6 Å². The standard InChI is InChI=1S/C15H22N2O3/c1-15(2,3)20-14(19)16-12-8-11(9-12)10-17-7-5-4-6-13(17)18/h4-7,11-12H,8-10H2,1-3H3,(H,16,19)/t11-,12-. The molecule has 0 bridgehead atoms. The van der Waals surface area contributed by atoms with Crippen molar-refractivity contribution in [2.75, 3.05) is 0 Å². The van der Waals surface area contributed by atoms with E-state index in [4.69, 9.17) is 4.74 Å². The maximum Gasteiger partial charge on any atom is 0.407 e. The van der Waals surface area contributed by atoms with E-state index in [9.17, 15) is 9.59 Å². The van der Waals surface area contributed by atoms with Crippen LogP contribution in [0.3, 0.4) is 0 Å². The fourth-order valence-electron chi connectivity index (χ4n) is 2.37. The molecule has 1 saturated carbocycles. The lowest BCUT2D eigenvalue weighted by Crippen LogP contribution is -2.47. The number of rotatable bonds is 3. The Kier molecular flexibility index (Phi) is 4.16. The van der Waals surface area contributed by atoms with Crippen LogP contribution in [0.5, 0.6) is 0 Å². The van der Waals surface area contributed by atoms with Crippen molar-refractivity contribution in [2.45, 2.75) is 51.8 Å². The second kappa shape index (κ2) is 5.69. The molecule has 1 aromatic rings. The van der Waals surface area contributed by atoms with Gasteiger partial charge in [-0.1, -0.05) is 6.07 Å². The number of hydrogen-bond acceptors (Lipinski definition) is 3. The third kappa shape index (κ3) is 4.11. The van der Waals surface area contributed by atoms with E-state index in [0.717, 1.165) is 12.8 Å². The molecule has 1 aliphatic carbocycles. The first-order valence-corrected chi connectivity index (χ1v) is 6.98. The summed E-state index contributed by atoms with van der Waals surface area (Å²) in [6.45, 7) is 6.25. The Hall–Kier alpha value is -1.78. The zero-order valence-electron chi connectivity index (χ0n) is 12.3. The Balaban J connectivity index is 1.74. The summed E-state index contributed by atoms with van der Waals surface area (Å²) in [5.74, 6) is 0.440. The van der Waals surface area contributed by atoms with Crippen LogP contribution in [0.15, 0.2) is 29.2 Å². The monoisotopic (exact) mass is 278 g/mol. The molecule has 0 saturated heterocycles. The predicted octanol–water partition coefficient (Wildman–Crippen LogP) is 2.15. The van der Waals surface area contributed by atoms with E-state index < -0.39 is 5.60 Å². The largest absolute Gasteiger partial charge is 0.444 e. The van der Waals surface area contributed by atoms with Crippen LogP contribution in [-0.4, -0.2) is 22.3 Å². The summed E-state index contributed by atoms with van der Waals surface area (Å²) in [5.41, 5.74) is -0.444. The number of hydrogen-bond donors (Lipinski definition) is 1. The van der Waals surface area contributed by atoms with E-state index >= 15 is 0 Å². The first kappa shape index (κ1) is 14.6. The highest BCUT2D eigenvalue weighted by molar-refractivity contribution is 5.68. The Morgan fingerprint density at radius 3 is 2.70 bits per heavy atom. The number of pyridine rings is 1. The Bertz CT molecular complexity index is 524. The first-order valence-electron chi connectivity index (χ1n) is 6.98. The van der Waals surface area contributed by atoms with Gasteiger partial charge >= 0.3 is 6.09 Å². The van der Waals surface area contributed by atoms with Crippen molar-refractivity contribution in [1.82, 2.24) is 9.88 Å². The van der Waals surface area contributed by atoms with E-state index in [-0.39, 0.29) is 17.7 Å². The molecule has 2 rings (SSSR count). The van der Waals surface area contributed by atoms with Gasteiger partial charge in [-0.25, -0.2) is 4.79 Å².